The van der Waals surface area contributed by atoms with Gasteiger partial charge in [0.25, 0.3) is 0 Å². The van der Waals surface area contributed by atoms with Crippen molar-refractivity contribution in [2.75, 3.05) is 13.2 Å². The summed E-state index contributed by atoms with van der Waals surface area (Å²) in [6, 6.07) is 3.87. The fourth-order valence-corrected chi connectivity index (χ4v) is 2.71. The van der Waals surface area contributed by atoms with Crippen molar-refractivity contribution in [3.05, 3.63) is 33.8 Å². The van der Waals surface area contributed by atoms with E-state index >= 15 is 0 Å². The van der Waals surface area contributed by atoms with Gasteiger partial charge in [0.05, 0.1) is 12.5 Å². The second kappa shape index (κ2) is 7.11. The highest BCUT2D eigenvalue weighted by Crippen LogP contribution is 2.25. The minimum absolute atomic E-state index is 0.0349. The van der Waals surface area contributed by atoms with Crippen LogP contribution in [0.5, 0.6) is 0 Å². The van der Waals surface area contributed by atoms with Gasteiger partial charge in [-0.15, -0.1) is 0 Å². The molecule has 1 heterocycles. The highest BCUT2D eigenvalue weighted by molar-refractivity contribution is 6.36. The lowest BCUT2D eigenvalue weighted by Gasteiger charge is -2.18. The molecule has 1 fully saturated rings. The molecule has 1 aromatic carbocycles. The Balaban J connectivity index is 2.09. The first-order valence-electron chi connectivity index (χ1n) is 6.53. The predicted molar refractivity (Wildman–Crippen MR) is 78.7 cm³/mol. The summed E-state index contributed by atoms with van der Waals surface area (Å²) in [6.07, 6.45) is 0.637. The van der Waals surface area contributed by atoms with Gasteiger partial charge in [0, 0.05) is 23.1 Å². The maximum Gasteiger partial charge on any atom is 0.326 e. The third-order valence-electron chi connectivity index (χ3n) is 3.38. The molecule has 1 aromatic rings. The number of carbonyl (C=O) groups excluding carboxylic acids is 1. The Kier molecular flexibility index (Phi) is 5.45. The van der Waals surface area contributed by atoms with E-state index in [1.165, 1.54) is 0 Å². The summed E-state index contributed by atoms with van der Waals surface area (Å²) in [5, 5.41) is 12.6. The fourth-order valence-electron chi connectivity index (χ4n) is 2.16. The smallest absolute Gasteiger partial charge is 0.326 e. The molecule has 1 saturated heterocycles. The van der Waals surface area contributed by atoms with Gasteiger partial charge in [-0.05, 0) is 24.1 Å². The van der Waals surface area contributed by atoms with Crippen LogP contribution in [-0.2, 0) is 20.7 Å². The minimum atomic E-state index is -1.13. The van der Waals surface area contributed by atoms with Crippen LogP contribution in [0.4, 0.5) is 0 Å². The van der Waals surface area contributed by atoms with Crippen molar-refractivity contribution < 1.29 is 19.4 Å². The zero-order valence-corrected chi connectivity index (χ0v) is 12.7. The number of carboxylic acid groups (broad SMARTS) is 1. The van der Waals surface area contributed by atoms with Crippen LogP contribution in [-0.4, -0.2) is 36.2 Å². The van der Waals surface area contributed by atoms with E-state index in [1.54, 1.807) is 18.2 Å². The number of halogens is 2. The molecule has 1 aliphatic heterocycles. The average Bonchev–Trinajstić information content (AvgIpc) is 2.95. The van der Waals surface area contributed by atoms with E-state index in [0.717, 1.165) is 0 Å². The summed E-state index contributed by atoms with van der Waals surface area (Å²) >= 11 is 12.1. The van der Waals surface area contributed by atoms with Gasteiger partial charge in [0.2, 0.25) is 5.91 Å². The Bertz CT molecular complexity index is 524. The van der Waals surface area contributed by atoms with Gasteiger partial charge < -0.3 is 15.2 Å². The average molecular weight is 332 g/mol. The maximum absolute atomic E-state index is 12.0. The van der Waals surface area contributed by atoms with Gasteiger partial charge in [0.15, 0.2) is 0 Å². The molecule has 21 heavy (non-hydrogen) atoms. The third kappa shape index (κ3) is 4.09. The van der Waals surface area contributed by atoms with Gasteiger partial charge in [-0.25, -0.2) is 4.79 Å². The minimum Gasteiger partial charge on any atom is -0.480 e. The quantitative estimate of drug-likeness (QED) is 0.866. The van der Waals surface area contributed by atoms with Crippen LogP contribution in [0.25, 0.3) is 0 Å². The van der Waals surface area contributed by atoms with Crippen molar-refractivity contribution in [3.63, 3.8) is 0 Å². The van der Waals surface area contributed by atoms with Crippen LogP contribution < -0.4 is 5.32 Å². The lowest BCUT2D eigenvalue weighted by molar-refractivity contribution is -0.142. The van der Waals surface area contributed by atoms with Crippen LogP contribution in [0.1, 0.15) is 12.0 Å². The van der Waals surface area contributed by atoms with E-state index in [1.807, 2.05) is 0 Å². The van der Waals surface area contributed by atoms with Gasteiger partial charge in [-0.2, -0.15) is 0 Å². The van der Waals surface area contributed by atoms with E-state index in [0.29, 0.717) is 35.2 Å². The normalized spacial score (nSPS) is 19.2. The van der Waals surface area contributed by atoms with Crippen molar-refractivity contribution >= 4 is 35.1 Å². The molecule has 114 valence electrons. The number of carbonyl (C=O) groups is 2. The van der Waals surface area contributed by atoms with Crippen LogP contribution >= 0.6 is 23.2 Å². The fraction of sp³-hybridized carbons (Fsp3) is 0.429. The Labute approximate surface area is 132 Å². The number of rotatable bonds is 5. The molecule has 0 spiro atoms. The summed E-state index contributed by atoms with van der Waals surface area (Å²) < 4.78 is 5.13. The SMILES string of the molecule is O=C(N[C@H](Cc1c(Cl)cccc1Cl)C(=O)O)[C@@H]1CCOC1. The summed E-state index contributed by atoms with van der Waals surface area (Å²) in [6.45, 7) is 0.844. The topological polar surface area (TPSA) is 75.6 Å². The molecular formula is C14H15Cl2NO4. The molecule has 0 bridgehead atoms. The van der Waals surface area contributed by atoms with Crippen molar-refractivity contribution in [2.45, 2.75) is 18.9 Å². The first-order valence-corrected chi connectivity index (χ1v) is 7.28. The summed E-state index contributed by atoms with van der Waals surface area (Å²) in [5.74, 6) is -1.74. The highest BCUT2D eigenvalue weighted by Gasteiger charge is 2.28. The molecular weight excluding hydrogens is 317 g/mol. The molecule has 0 saturated carbocycles. The van der Waals surface area contributed by atoms with E-state index in [2.05, 4.69) is 5.32 Å². The molecule has 7 heteroatoms. The lowest BCUT2D eigenvalue weighted by atomic mass is 10.0. The number of hydrogen-bond donors (Lipinski definition) is 2. The zero-order chi connectivity index (χ0) is 15.4. The van der Waals surface area contributed by atoms with Gasteiger partial charge in [-0.3, -0.25) is 4.79 Å². The van der Waals surface area contributed by atoms with Crippen LogP contribution in [0.15, 0.2) is 18.2 Å². The molecule has 2 N–H and O–H groups in total. The molecule has 2 rings (SSSR count). The molecule has 0 aliphatic carbocycles. The molecule has 2 atom stereocenters. The summed E-state index contributed by atoms with van der Waals surface area (Å²) in [4.78, 5) is 23.3. The van der Waals surface area contributed by atoms with Crippen molar-refractivity contribution in [3.8, 4) is 0 Å². The number of aliphatic carboxylic acids is 1. The largest absolute Gasteiger partial charge is 0.480 e. The number of carboxylic acids is 1. The third-order valence-corrected chi connectivity index (χ3v) is 4.09. The van der Waals surface area contributed by atoms with Crippen molar-refractivity contribution in [2.24, 2.45) is 5.92 Å². The molecule has 5 nitrogen and oxygen atoms in total. The zero-order valence-electron chi connectivity index (χ0n) is 11.1. The van der Waals surface area contributed by atoms with Gasteiger partial charge in [0.1, 0.15) is 6.04 Å². The number of hydrogen-bond acceptors (Lipinski definition) is 3. The number of benzene rings is 1. The predicted octanol–water partition coefficient (Wildman–Crippen LogP) is 2.14. The second-order valence-corrected chi connectivity index (χ2v) is 5.68. The number of nitrogens with one attached hydrogen (secondary N) is 1. The monoisotopic (exact) mass is 331 g/mol. The lowest BCUT2D eigenvalue weighted by Crippen LogP contribution is -2.45. The van der Waals surface area contributed by atoms with E-state index in [9.17, 15) is 14.7 Å². The summed E-state index contributed by atoms with van der Waals surface area (Å²) in [5.41, 5.74) is 0.510. The first-order chi connectivity index (χ1) is 9.99. The van der Waals surface area contributed by atoms with Gasteiger partial charge in [-0.1, -0.05) is 29.3 Å². The molecule has 0 aromatic heterocycles. The summed E-state index contributed by atoms with van der Waals surface area (Å²) in [7, 11) is 0. The number of amides is 1. The standard InChI is InChI=1S/C14H15Cl2NO4/c15-10-2-1-3-11(16)9(10)6-12(14(19)20)17-13(18)8-4-5-21-7-8/h1-3,8,12H,4-7H2,(H,17,18)(H,19,20)/t8-,12-/m1/s1. The highest BCUT2D eigenvalue weighted by atomic mass is 35.5. The van der Waals surface area contributed by atoms with Crippen LogP contribution in [0.2, 0.25) is 10.0 Å². The van der Waals surface area contributed by atoms with E-state index < -0.39 is 12.0 Å². The molecule has 1 amide bonds. The van der Waals surface area contributed by atoms with E-state index in [4.69, 9.17) is 27.9 Å². The second-order valence-electron chi connectivity index (χ2n) is 4.86. The Hall–Kier alpha value is -1.30. The van der Waals surface area contributed by atoms with Crippen LogP contribution in [0.3, 0.4) is 0 Å². The first kappa shape index (κ1) is 16.1. The Morgan fingerprint density at radius 2 is 2.05 bits per heavy atom. The molecule has 0 radical (unpaired) electrons. The number of ether oxygens (including phenoxy) is 1. The Morgan fingerprint density at radius 3 is 2.57 bits per heavy atom. The van der Waals surface area contributed by atoms with Crippen molar-refractivity contribution in [1.29, 1.82) is 0 Å². The van der Waals surface area contributed by atoms with E-state index in [-0.39, 0.29) is 18.2 Å². The molecule has 0 unspecified atom stereocenters. The van der Waals surface area contributed by atoms with Gasteiger partial charge >= 0.3 is 5.97 Å². The van der Waals surface area contributed by atoms with Crippen LogP contribution in [0, 0.1) is 5.92 Å². The Morgan fingerprint density at radius 1 is 1.38 bits per heavy atom. The maximum atomic E-state index is 12.0. The molecule has 1 aliphatic rings. The van der Waals surface area contributed by atoms with Crippen molar-refractivity contribution in [1.82, 2.24) is 5.32 Å².